The average Bonchev–Trinajstić information content (AvgIpc) is 3.10. The number of carbonyl (C=O) groups excluding carboxylic acids is 1. The Bertz CT molecular complexity index is 1210. The van der Waals surface area contributed by atoms with Crippen LogP contribution in [0.4, 0.5) is 22.7 Å². The second kappa shape index (κ2) is 10.0. The molecule has 1 aliphatic carbocycles. The Morgan fingerprint density at radius 1 is 0.806 bits per heavy atom. The van der Waals surface area contributed by atoms with Crippen molar-refractivity contribution in [2.45, 2.75) is 52.1 Å². The Morgan fingerprint density at radius 2 is 1.25 bits per heavy atom. The molecule has 2 aromatic carbocycles. The second-order valence-corrected chi connectivity index (χ2v) is 8.76. The monoisotopic (exact) mass is 502 g/mol. The van der Waals surface area contributed by atoms with E-state index >= 15 is 0 Å². The smallest absolute Gasteiger partial charge is 0.308 e. The molecule has 0 aliphatic heterocycles. The van der Waals surface area contributed by atoms with Gasteiger partial charge in [-0.3, -0.25) is 45.3 Å². The van der Waals surface area contributed by atoms with E-state index in [2.05, 4.69) is 0 Å². The fourth-order valence-corrected chi connectivity index (χ4v) is 4.43. The minimum Gasteiger partial charge on any atom is -0.463 e. The van der Waals surface area contributed by atoms with Crippen molar-refractivity contribution >= 4 is 28.7 Å². The van der Waals surface area contributed by atoms with Crippen molar-refractivity contribution in [2.24, 2.45) is 5.92 Å². The van der Waals surface area contributed by atoms with Crippen molar-refractivity contribution in [1.29, 1.82) is 0 Å². The Hall–Kier alpha value is -4.49. The lowest BCUT2D eigenvalue weighted by atomic mass is 9.89. The van der Waals surface area contributed by atoms with Crippen LogP contribution in [-0.4, -0.2) is 31.8 Å². The van der Waals surface area contributed by atoms with Crippen molar-refractivity contribution in [3.05, 3.63) is 75.8 Å². The van der Waals surface area contributed by atoms with E-state index < -0.39 is 60.2 Å². The highest BCUT2D eigenvalue weighted by Gasteiger charge is 2.42. The van der Waals surface area contributed by atoms with Crippen LogP contribution < -0.4 is 0 Å². The molecule has 0 bridgehead atoms. The van der Waals surface area contributed by atoms with Crippen LogP contribution in [0.15, 0.2) is 24.3 Å². The first-order valence-corrected chi connectivity index (χ1v) is 11.0. The molecular weight excluding hydrogens is 480 g/mol. The minimum absolute atomic E-state index is 0.104. The predicted molar refractivity (Wildman–Crippen MR) is 125 cm³/mol. The Balaban J connectivity index is 2.16. The van der Waals surface area contributed by atoms with Gasteiger partial charge < -0.3 is 4.74 Å². The molecular formula is C22H22N4O10. The van der Waals surface area contributed by atoms with Gasteiger partial charge in [0.2, 0.25) is 0 Å². The van der Waals surface area contributed by atoms with Crippen molar-refractivity contribution < 1.29 is 29.2 Å². The standard InChI is InChI=1S/C22H22N4O10/c1-11(2)36-22(27)12(3)5-4-6-15-16-7-13(23(28)29)9-18(25(32)33)20(16)21-17(15)8-14(24(30)31)10-19(21)26(34)35/h7-12,15H,4-6H2,1-3H3. The van der Waals surface area contributed by atoms with Crippen LogP contribution in [0, 0.1) is 46.4 Å². The molecule has 14 heteroatoms. The van der Waals surface area contributed by atoms with E-state index in [9.17, 15) is 45.3 Å². The highest BCUT2D eigenvalue weighted by molar-refractivity contribution is 5.93. The molecule has 1 atom stereocenters. The lowest BCUT2D eigenvalue weighted by molar-refractivity contribution is -0.395. The summed E-state index contributed by atoms with van der Waals surface area (Å²) in [5.41, 5.74) is -2.69. The Morgan fingerprint density at radius 3 is 1.61 bits per heavy atom. The summed E-state index contributed by atoms with van der Waals surface area (Å²) in [6.45, 7) is 5.07. The zero-order valence-electron chi connectivity index (χ0n) is 19.5. The molecule has 0 fully saturated rings. The molecule has 1 unspecified atom stereocenters. The number of fused-ring (bicyclic) bond motifs is 3. The van der Waals surface area contributed by atoms with Crippen molar-refractivity contribution in [3.8, 4) is 11.1 Å². The first-order chi connectivity index (χ1) is 16.8. The fourth-order valence-electron chi connectivity index (χ4n) is 4.43. The van der Waals surface area contributed by atoms with Crippen LogP contribution in [0.1, 0.15) is 57.1 Å². The molecule has 0 saturated heterocycles. The molecule has 0 heterocycles. The number of nitrogens with zero attached hydrogens (tertiary/aromatic N) is 4. The highest BCUT2D eigenvalue weighted by Crippen LogP contribution is 2.56. The lowest BCUT2D eigenvalue weighted by Crippen LogP contribution is -2.19. The number of ether oxygens (including phenoxy) is 1. The lowest BCUT2D eigenvalue weighted by Gasteiger charge is -2.16. The molecule has 0 amide bonds. The SMILES string of the molecule is CC(C)OC(=O)C(C)CCCC1c2cc([N+](=O)[O-])cc([N+](=O)[O-])c2-c2c1cc([N+](=O)[O-])cc2[N+](=O)[O-]. The van der Waals surface area contributed by atoms with Gasteiger partial charge in [-0.2, -0.15) is 0 Å². The minimum atomic E-state index is -0.868. The molecule has 190 valence electrons. The molecule has 36 heavy (non-hydrogen) atoms. The van der Waals surface area contributed by atoms with Gasteiger partial charge in [-0.1, -0.05) is 13.3 Å². The quantitative estimate of drug-likeness (QED) is 0.236. The summed E-state index contributed by atoms with van der Waals surface area (Å²) >= 11 is 0. The number of nitro benzene ring substituents is 4. The van der Waals surface area contributed by atoms with E-state index in [1.807, 2.05) is 0 Å². The van der Waals surface area contributed by atoms with Gasteiger partial charge in [0.1, 0.15) is 0 Å². The van der Waals surface area contributed by atoms with Gasteiger partial charge in [-0.25, -0.2) is 0 Å². The predicted octanol–water partition coefficient (Wildman–Crippen LogP) is 5.19. The summed E-state index contributed by atoms with van der Waals surface area (Å²) < 4.78 is 5.18. The van der Waals surface area contributed by atoms with Crippen LogP contribution in [0.3, 0.4) is 0 Å². The average molecular weight is 502 g/mol. The maximum atomic E-state index is 12.1. The third kappa shape index (κ3) is 4.96. The molecule has 14 nitrogen and oxygen atoms in total. The normalized spacial score (nSPS) is 13.1. The van der Waals surface area contributed by atoms with E-state index in [1.54, 1.807) is 20.8 Å². The topological polar surface area (TPSA) is 199 Å². The number of hydrogen-bond donors (Lipinski definition) is 0. The number of non-ortho nitro benzene ring substituents is 2. The second-order valence-electron chi connectivity index (χ2n) is 8.76. The van der Waals surface area contributed by atoms with Gasteiger partial charge in [0.25, 0.3) is 22.7 Å². The third-order valence-electron chi connectivity index (χ3n) is 5.97. The van der Waals surface area contributed by atoms with Gasteiger partial charge in [0.15, 0.2) is 0 Å². The van der Waals surface area contributed by atoms with Crippen LogP contribution in [-0.2, 0) is 9.53 Å². The van der Waals surface area contributed by atoms with Crippen LogP contribution in [0.5, 0.6) is 0 Å². The van der Waals surface area contributed by atoms with Gasteiger partial charge in [0, 0.05) is 18.1 Å². The summed E-state index contributed by atoms with van der Waals surface area (Å²) in [5, 5.41) is 46.6. The van der Waals surface area contributed by atoms with E-state index in [0.717, 1.165) is 24.3 Å². The van der Waals surface area contributed by atoms with E-state index in [0.29, 0.717) is 12.8 Å². The Labute approximate surface area is 203 Å². The number of rotatable bonds is 10. The highest BCUT2D eigenvalue weighted by atomic mass is 16.6. The van der Waals surface area contributed by atoms with Crippen molar-refractivity contribution in [3.63, 3.8) is 0 Å². The zero-order chi connectivity index (χ0) is 26.9. The van der Waals surface area contributed by atoms with Crippen LogP contribution in [0.25, 0.3) is 11.1 Å². The number of carbonyl (C=O) groups is 1. The Kier molecular flexibility index (Phi) is 7.27. The number of hydrogen-bond acceptors (Lipinski definition) is 10. The third-order valence-corrected chi connectivity index (χ3v) is 5.97. The molecule has 0 N–H and O–H groups in total. The van der Waals surface area contributed by atoms with Crippen LogP contribution in [0.2, 0.25) is 0 Å². The van der Waals surface area contributed by atoms with E-state index in [4.69, 9.17) is 4.74 Å². The first kappa shape index (κ1) is 26.1. The summed E-state index contributed by atoms with van der Waals surface area (Å²) in [5.74, 6) is -1.75. The summed E-state index contributed by atoms with van der Waals surface area (Å²) in [4.78, 5) is 55.4. The maximum Gasteiger partial charge on any atom is 0.308 e. The number of esters is 1. The molecule has 1 aliphatic rings. The van der Waals surface area contributed by atoms with Crippen LogP contribution >= 0.6 is 0 Å². The molecule has 0 radical (unpaired) electrons. The molecule has 2 aromatic rings. The molecule has 3 rings (SSSR count). The molecule has 0 aromatic heterocycles. The van der Waals surface area contributed by atoms with Crippen molar-refractivity contribution in [2.75, 3.05) is 0 Å². The van der Waals surface area contributed by atoms with E-state index in [-0.39, 0.29) is 34.8 Å². The molecule has 0 spiro atoms. The summed E-state index contributed by atoms with van der Waals surface area (Å²) in [6, 6.07) is 3.66. The van der Waals surface area contributed by atoms with Gasteiger partial charge >= 0.3 is 5.97 Å². The largest absolute Gasteiger partial charge is 0.463 e. The number of benzene rings is 2. The van der Waals surface area contributed by atoms with Gasteiger partial charge in [-0.05, 0) is 37.8 Å². The van der Waals surface area contributed by atoms with Gasteiger partial charge in [-0.15, -0.1) is 0 Å². The summed E-state index contributed by atoms with van der Waals surface area (Å²) in [6.07, 6.45) is 0.539. The first-order valence-electron chi connectivity index (χ1n) is 11.0. The number of nitro groups is 4. The maximum absolute atomic E-state index is 12.1. The molecule has 0 saturated carbocycles. The van der Waals surface area contributed by atoms with E-state index in [1.165, 1.54) is 0 Å². The fraction of sp³-hybridized carbons (Fsp3) is 0.409. The zero-order valence-corrected chi connectivity index (χ0v) is 19.5. The van der Waals surface area contributed by atoms with Gasteiger partial charge in [0.05, 0.1) is 55.0 Å². The van der Waals surface area contributed by atoms with Crippen molar-refractivity contribution in [1.82, 2.24) is 0 Å². The summed E-state index contributed by atoms with van der Waals surface area (Å²) in [7, 11) is 0.